The molecule has 1 saturated heterocycles. The summed E-state index contributed by atoms with van der Waals surface area (Å²) < 4.78 is 2.03. The Bertz CT molecular complexity index is 868. The predicted octanol–water partition coefficient (Wildman–Crippen LogP) is 3.75. The van der Waals surface area contributed by atoms with Gasteiger partial charge in [0.15, 0.2) is 0 Å². The maximum atomic E-state index is 13.1. The highest BCUT2D eigenvalue weighted by Crippen LogP contribution is 2.60. The quantitative estimate of drug-likeness (QED) is 0.811. The maximum Gasteiger partial charge on any atom is 0.226 e. The molecule has 27 heavy (non-hydrogen) atoms. The summed E-state index contributed by atoms with van der Waals surface area (Å²) in [5.41, 5.74) is 4.22. The van der Waals surface area contributed by atoms with Crippen molar-refractivity contribution in [3.63, 3.8) is 0 Å². The summed E-state index contributed by atoms with van der Waals surface area (Å²) >= 11 is 0. The van der Waals surface area contributed by atoms with Crippen LogP contribution in [0.1, 0.15) is 49.3 Å². The summed E-state index contributed by atoms with van der Waals surface area (Å²) in [4.78, 5) is 15.2. The van der Waals surface area contributed by atoms with Crippen LogP contribution in [0.15, 0.2) is 36.7 Å². The molecule has 142 valence electrons. The molecular weight excluding hydrogens is 334 g/mol. The van der Waals surface area contributed by atoms with Gasteiger partial charge in [0.2, 0.25) is 5.91 Å². The van der Waals surface area contributed by atoms with Crippen LogP contribution in [-0.2, 0) is 16.8 Å². The number of likely N-dealkylation sites (tertiary alicyclic amines) is 1. The minimum absolute atomic E-state index is 0.175. The van der Waals surface area contributed by atoms with E-state index in [2.05, 4.69) is 61.2 Å². The van der Waals surface area contributed by atoms with Crippen LogP contribution in [0.4, 0.5) is 0 Å². The van der Waals surface area contributed by atoms with Crippen LogP contribution >= 0.6 is 0 Å². The molecule has 5 rings (SSSR count). The van der Waals surface area contributed by atoms with Gasteiger partial charge >= 0.3 is 0 Å². The van der Waals surface area contributed by atoms with E-state index in [0.29, 0.717) is 23.7 Å². The Morgan fingerprint density at radius 3 is 2.81 bits per heavy atom. The van der Waals surface area contributed by atoms with E-state index in [0.717, 1.165) is 26.1 Å². The Morgan fingerprint density at radius 1 is 1.30 bits per heavy atom. The first-order valence-corrected chi connectivity index (χ1v) is 10.3. The van der Waals surface area contributed by atoms with Crippen molar-refractivity contribution < 1.29 is 4.79 Å². The van der Waals surface area contributed by atoms with Crippen LogP contribution in [0.25, 0.3) is 0 Å². The van der Waals surface area contributed by atoms with Crippen molar-refractivity contribution in [2.45, 2.75) is 51.5 Å². The average molecular weight is 364 g/mol. The summed E-state index contributed by atoms with van der Waals surface area (Å²) in [6.45, 7) is 9.34. The molecule has 0 bridgehead atoms. The average Bonchev–Trinajstić information content (AvgIpc) is 3.49. The fourth-order valence-electron chi connectivity index (χ4n) is 5.10. The van der Waals surface area contributed by atoms with Crippen LogP contribution in [-0.4, -0.2) is 33.7 Å². The van der Waals surface area contributed by atoms with E-state index in [-0.39, 0.29) is 11.3 Å². The summed E-state index contributed by atoms with van der Waals surface area (Å²) in [6, 6.07) is 8.95. The highest BCUT2D eigenvalue weighted by Gasteiger charge is 2.62. The molecular formula is C23H29N3O. The van der Waals surface area contributed by atoms with Gasteiger partial charge in [0.25, 0.3) is 0 Å². The predicted molar refractivity (Wildman–Crippen MR) is 105 cm³/mol. The lowest BCUT2D eigenvalue weighted by molar-refractivity contribution is -0.132. The molecule has 0 radical (unpaired) electrons. The van der Waals surface area contributed by atoms with Crippen LogP contribution < -0.4 is 0 Å². The van der Waals surface area contributed by atoms with E-state index in [4.69, 9.17) is 0 Å². The molecule has 1 aromatic carbocycles. The number of rotatable bonds is 5. The normalized spacial score (nSPS) is 31.3. The Balaban J connectivity index is 1.23. The maximum absolute atomic E-state index is 13.1. The monoisotopic (exact) mass is 363 g/mol. The third kappa shape index (κ3) is 2.90. The van der Waals surface area contributed by atoms with Gasteiger partial charge in [-0.3, -0.25) is 9.48 Å². The van der Waals surface area contributed by atoms with E-state index in [1.165, 1.54) is 23.1 Å². The number of fused-ring (bicyclic) bond motifs is 1. The van der Waals surface area contributed by atoms with Crippen molar-refractivity contribution in [1.82, 2.24) is 14.7 Å². The molecule has 1 aromatic heterocycles. The molecule has 4 atom stereocenters. The van der Waals surface area contributed by atoms with Crippen molar-refractivity contribution in [3.8, 4) is 0 Å². The number of hydrogen-bond donors (Lipinski definition) is 0. The molecule has 0 N–H and O–H groups in total. The lowest BCUT2D eigenvalue weighted by atomic mass is 9.94. The number of nitrogens with zero attached hydrogens (tertiary/aromatic N) is 3. The van der Waals surface area contributed by atoms with Gasteiger partial charge in [0.05, 0.1) is 6.20 Å². The second-order valence-electron chi connectivity index (χ2n) is 9.48. The molecule has 4 heteroatoms. The Kier molecular flexibility index (Phi) is 3.75. The minimum atomic E-state index is 0.175. The molecule has 3 aliphatic rings. The van der Waals surface area contributed by atoms with E-state index < -0.39 is 0 Å². The Labute approximate surface area is 161 Å². The Morgan fingerprint density at radius 2 is 2.07 bits per heavy atom. The molecule has 1 amide bonds. The van der Waals surface area contributed by atoms with Crippen LogP contribution in [0.5, 0.6) is 0 Å². The van der Waals surface area contributed by atoms with E-state index in [9.17, 15) is 4.79 Å². The number of aromatic nitrogens is 2. The van der Waals surface area contributed by atoms with E-state index in [1.54, 1.807) is 0 Å². The van der Waals surface area contributed by atoms with Gasteiger partial charge in [-0.25, -0.2) is 0 Å². The second kappa shape index (κ2) is 5.95. The highest BCUT2D eigenvalue weighted by molar-refractivity contribution is 5.84. The number of piperidine rings is 1. The first-order valence-electron chi connectivity index (χ1n) is 10.3. The first-order chi connectivity index (χ1) is 13.0. The minimum Gasteiger partial charge on any atom is -0.341 e. The van der Waals surface area contributed by atoms with Crippen molar-refractivity contribution in [1.29, 1.82) is 0 Å². The standard InChI is InChI=1S/C23H29N3O/c1-15(2)11-26-12-17(10-24-26)20-8-21(20)22(27)25-13-19-9-23(19,14-25)18-6-4-16(3)5-7-18/h4-7,10,12,15,19-21H,8-9,11,13-14H2,1-3H3/t19-,20-,21+,23+/m0/s1. The molecule has 4 nitrogen and oxygen atoms in total. The number of carbonyl (C=O) groups is 1. The third-order valence-corrected chi connectivity index (χ3v) is 6.83. The fourth-order valence-corrected chi connectivity index (χ4v) is 5.10. The van der Waals surface area contributed by atoms with Crippen molar-refractivity contribution in [2.24, 2.45) is 17.8 Å². The third-order valence-electron chi connectivity index (χ3n) is 6.83. The van der Waals surface area contributed by atoms with Crippen molar-refractivity contribution in [2.75, 3.05) is 13.1 Å². The lowest BCUT2D eigenvalue weighted by Gasteiger charge is -2.21. The molecule has 3 fully saturated rings. The molecule has 2 saturated carbocycles. The molecule has 1 aliphatic heterocycles. The van der Waals surface area contributed by atoms with Crippen LogP contribution in [0, 0.1) is 24.7 Å². The second-order valence-corrected chi connectivity index (χ2v) is 9.48. The van der Waals surface area contributed by atoms with E-state index >= 15 is 0 Å². The Hall–Kier alpha value is -2.10. The summed E-state index contributed by atoms with van der Waals surface area (Å²) in [6.07, 6.45) is 6.35. The summed E-state index contributed by atoms with van der Waals surface area (Å²) in [5.74, 6) is 2.18. The van der Waals surface area contributed by atoms with Crippen molar-refractivity contribution >= 4 is 5.91 Å². The van der Waals surface area contributed by atoms with Gasteiger partial charge in [-0.15, -0.1) is 0 Å². The van der Waals surface area contributed by atoms with Gasteiger partial charge in [0.1, 0.15) is 0 Å². The zero-order valence-corrected chi connectivity index (χ0v) is 16.6. The molecule has 2 heterocycles. The number of benzene rings is 1. The number of hydrogen-bond acceptors (Lipinski definition) is 2. The summed E-state index contributed by atoms with van der Waals surface area (Å²) in [5, 5.41) is 4.48. The van der Waals surface area contributed by atoms with Gasteiger partial charge < -0.3 is 4.90 Å². The van der Waals surface area contributed by atoms with Gasteiger partial charge in [0, 0.05) is 37.2 Å². The molecule has 2 aliphatic carbocycles. The first kappa shape index (κ1) is 17.0. The zero-order chi connectivity index (χ0) is 18.8. The van der Waals surface area contributed by atoms with E-state index in [1.807, 2.05) is 10.9 Å². The smallest absolute Gasteiger partial charge is 0.226 e. The molecule has 0 spiro atoms. The number of carbonyl (C=O) groups excluding carboxylic acids is 1. The fraction of sp³-hybridized carbons (Fsp3) is 0.565. The van der Waals surface area contributed by atoms with Crippen LogP contribution in [0.3, 0.4) is 0 Å². The van der Waals surface area contributed by atoms with Gasteiger partial charge in [-0.1, -0.05) is 43.7 Å². The largest absolute Gasteiger partial charge is 0.341 e. The molecule has 0 unspecified atom stereocenters. The van der Waals surface area contributed by atoms with Crippen molar-refractivity contribution in [3.05, 3.63) is 53.3 Å². The topological polar surface area (TPSA) is 38.1 Å². The zero-order valence-electron chi connectivity index (χ0n) is 16.6. The molecule has 2 aromatic rings. The van der Waals surface area contributed by atoms with Gasteiger partial charge in [-0.05, 0) is 48.6 Å². The summed E-state index contributed by atoms with van der Waals surface area (Å²) in [7, 11) is 0. The van der Waals surface area contributed by atoms with Crippen LogP contribution in [0.2, 0.25) is 0 Å². The highest BCUT2D eigenvalue weighted by atomic mass is 16.2. The number of aryl methyl sites for hydroxylation is 1. The van der Waals surface area contributed by atoms with Gasteiger partial charge in [-0.2, -0.15) is 5.10 Å². The lowest BCUT2D eigenvalue weighted by Crippen LogP contribution is -2.34. The number of amides is 1. The SMILES string of the molecule is Cc1ccc([C@]23C[C@H]2CN(C(=O)[C@@H]2C[C@H]2c2cnn(CC(C)C)c2)C3)cc1.